The van der Waals surface area contributed by atoms with Gasteiger partial charge in [0.2, 0.25) is 5.72 Å². The van der Waals surface area contributed by atoms with E-state index in [4.69, 9.17) is 4.74 Å². The van der Waals surface area contributed by atoms with Crippen molar-refractivity contribution in [2.45, 2.75) is 38.5 Å². The molecule has 2 atom stereocenters. The summed E-state index contributed by atoms with van der Waals surface area (Å²) in [6, 6.07) is 17.6. The van der Waals surface area contributed by atoms with Crippen LogP contribution in [0, 0.1) is 0 Å². The molecule has 0 saturated carbocycles. The van der Waals surface area contributed by atoms with Crippen LogP contribution in [0.25, 0.3) is 17.1 Å². The van der Waals surface area contributed by atoms with Gasteiger partial charge in [-0.2, -0.15) is 0 Å². The van der Waals surface area contributed by atoms with Crippen LogP contribution in [0.5, 0.6) is 0 Å². The Balaban J connectivity index is 2.08. The molecule has 2 aromatic carbocycles. The summed E-state index contributed by atoms with van der Waals surface area (Å²) in [5.41, 5.74) is 1.40. The zero-order chi connectivity index (χ0) is 19.8. The van der Waals surface area contributed by atoms with Crippen molar-refractivity contribution >= 4 is 17.1 Å². The molecular weight excluding hydrogens is 350 g/mol. The Labute approximate surface area is 166 Å². The number of rotatable bonds is 9. The highest BCUT2D eigenvalue weighted by molar-refractivity contribution is 5.74. The molecule has 0 spiro atoms. The first kappa shape index (κ1) is 20.0. The number of fused-ring (bicyclic) bond motifs is 1. The van der Waals surface area contributed by atoms with Crippen LogP contribution in [0.2, 0.25) is 0 Å². The quantitative estimate of drug-likeness (QED) is 0.556. The number of benzene rings is 2. The van der Waals surface area contributed by atoms with Crippen LogP contribution in [0.4, 0.5) is 0 Å². The fourth-order valence-electron chi connectivity index (χ4n) is 3.17. The number of para-hydroxylation sites is 1. The number of allylic oxidation sites excluding steroid dienone is 1. The number of nitrogens with zero attached hydrogens (tertiary/aromatic N) is 3. The van der Waals surface area contributed by atoms with Gasteiger partial charge >= 0.3 is 0 Å². The van der Waals surface area contributed by atoms with E-state index in [1.165, 1.54) is 0 Å². The monoisotopic (exact) mass is 377 g/mol. The Morgan fingerprint density at radius 2 is 1.86 bits per heavy atom. The molecule has 1 N–H and O–H groups in total. The minimum atomic E-state index is -1.18. The van der Waals surface area contributed by atoms with Crippen molar-refractivity contribution in [2.75, 3.05) is 6.61 Å². The smallest absolute Gasteiger partial charge is 0.211 e. The number of hydrogen-bond acceptors (Lipinski definition) is 4. The van der Waals surface area contributed by atoms with Gasteiger partial charge in [0.15, 0.2) is 0 Å². The maximum Gasteiger partial charge on any atom is 0.211 e. The third kappa shape index (κ3) is 4.21. The Morgan fingerprint density at radius 1 is 1.11 bits per heavy atom. The average Bonchev–Trinajstić information content (AvgIpc) is 3.17. The maximum atomic E-state index is 11.2. The first-order chi connectivity index (χ1) is 13.7. The van der Waals surface area contributed by atoms with Gasteiger partial charge in [-0.15, -0.1) is 5.10 Å². The molecule has 0 aliphatic carbocycles. The molecule has 0 saturated heterocycles. The highest BCUT2D eigenvalue weighted by atomic mass is 16.5. The number of ether oxygens (including phenoxy) is 1. The number of hydrogen-bond donors (Lipinski definition) is 1. The van der Waals surface area contributed by atoms with Crippen LogP contribution in [0.1, 0.15) is 32.3 Å². The lowest BCUT2D eigenvalue weighted by molar-refractivity contribution is -0.129. The van der Waals surface area contributed by atoms with E-state index in [-0.39, 0.29) is 0 Å². The van der Waals surface area contributed by atoms with Crippen molar-refractivity contribution < 1.29 is 9.84 Å². The highest BCUT2D eigenvalue weighted by Gasteiger charge is 2.39. The highest BCUT2D eigenvalue weighted by Crippen LogP contribution is 2.30. The summed E-state index contributed by atoms with van der Waals surface area (Å²) in [5.74, 6) is 0. The van der Waals surface area contributed by atoms with Gasteiger partial charge in [-0.05, 0) is 37.1 Å². The summed E-state index contributed by atoms with van der Waals surface area (Å²) in [6.07, 6.45) is 8.52. The topological polar surface area (TPSA) is 60.2 Å². The summed E-state index contributed by atoms with van der Waals surface area (Å²) in [4.78, 5) is 0. The van der Waals surface area contributed by atoms with Gasteiger partial charge in [-0.3, -0.25) is 0 Å². The molecule has 3 rings (SSSR count). The molecular formula is C23H27N3O2. The summed E-state index contributed by atoms with van der Waals surface area (Å²) in [6.45, 7) is 4.44. The Hall–Kier alpha value is -2.76. The average molecular weight is 377 g/mol. The summed E-state index contributed by atoms with van der Waals surface area (Å²) >= 11 is 0. The fourth-order valence-corrected chi connectivity index (χ4v) is 3.17. The van der Waals surface area contributed by atoms with Crippen LogP contribution >= 0.6 is 0 Å². The zero-order valence-corrected chi connectivity index (χ0v) is 16.4. The van der Waals surface area contributed by atoms with Crippen molar-refractivity contribution in [1.29, 1.82) is 0 Å². The number of aliphatic hydroxyl groups excluding tert-OH is 1. The SMILES string of the molecule is CCC/C=C/C(OCC)(C(O)/C=C/c1ccccc1)n1nnc2ccccc21. The van der Waals surface area contributed by atoms with E-state index in [0.717, 1.165) is 29.4 Å². The minimum absolute atomic E-state index is 0.418. The first-order valence-electron chi connectivity index (χ1n) is 9.75. The number of unbranched alkanes of at least 4 members (excludes halogenated alkanes) is 1. The molecule has 1 heterocycles. The van der Waals surface area contributed by atoms with Crippen LogP contribution in [-0.2, 0) is 10.5 Å². The number of aliphatic hydroxyl groups is 1. The third-order valence-corrected chi connectivity index (χ3v) is 4.56. The Kier molecular flexibility index (Phi) is 6.74. The van der Waals surface area contributed by atoms with Gasteiger partial charge in [-0.1, -0.05) is 79.3 Å². The lowest BCUT2D eigenvalue weighted by atomic mass is 10.0. The van der Waals surface area contributed by atoms with Gasteiger partial charge < -0.3 is 9.84 Å². The summed E-state index contributed by atoms with van der Waals surface area (Å²) in [7, 11) is 0. The lowest BCUT2D eigenvalue weighted by Crippen LogP contribution is -2.46. The number of aromatic nitrogens is 3. The van der Waals surface area contributed by atoms with E-state index >= 15 is 0 Å². The molecule has 146 valence electrons. The summed E-state index contributed by atoms with van der Waals surface area (Å²) in [5, 5.41) is 19.8. The second-order valence-electron chi connectivity index (χ2n) is 6.58. The van der Waals surface area contributed by atoms with Crippen LogP contribution in [0.3, 0.4) is 0 Å². The predicted molar refractivity (Wildman–Crippen MR) is 113 cm³/mol. The molecule has 3 aromatic rings. The zero-order valence-electron chi connectivity index (χ0n) is 16.4. The second kappa shape index (κ2) is 9.44. The van der Waals surface area contributed by atoms with Gasteiger partial charge in [0, 0.05) is 6.61 Å². The molecule has 0 fully saturated rings. The molecule has 0 aliphatic heterocycles. The van der Waals surface area contributed by atoms with E-state index in [0.29, 0.717) is 6.61 Å². The van der Waals surface area contributed by atoms with Gasteiger partial charge in [0.05, 0.1) is 5.52 Å². The van der Waals surface area contributed by atoms with Gasteiger partial charge in [0.1, 0.15) is 11.6 Å². The van der Waals surface area contributed by atoms with Gasteiger partial charge in [-0.25, -0.2) is 4.68 Å². The Morgan fingerprint density at radius 3 is 2.61 bits per heavy atom. The van der Waals surface area contributed by atoms with E-state index in [1.54, 1.807) is 10.8 Å². The van der Waals surface area contributed by atoms with Crippen molar-refractivity contribution in [1.82, 2.24) is 15.0 Å². The largest absolute Gasteiger partial charge is 0.384 e. The van der Waals surface area contributed by atoms with Crippen molar-refractivity contribution in [3.05, 3.63) is 78.4 Å². The molecule has 0 amide bonds. The van der Waals surface area contributed by atoms with E-state index in [2.05, 4.69) is 17.2 Å². The molecule has 5 heteroatoms. The van der Waals surface area contributed by atoms with Crippen molar-refractivity contribution in [3.8, 4) is 0 Å². The van der Waals surface area contributed by atoms with E-state index in [9.17, 15) is 5.11 Å². The molecule has 0 radical (unpaired) electrons. The lowest BCUT2D eigenvalue weighted by Gasteiger charge is -2.34. The normalized spacial score (nSPS) is 15.4. The van der Waals surface area contributed by atoms with Gasteiger partial charge in [0.25, 0.3) is 0 Å². The molecule has 2 unspecified atom stereocenters. The van der Waals surface area contributed by atoms with Crippen molar-refractivity contribution in [3.63, 3.8) is 0 Å². The maximum absolute atomic E-state index is 11.2. The first-order valence-corrected chi connectivity index (χ1v) is 9.75. The standard InChI is InChI=1S/C23H27N3O2/c1-3-5-11-18-23(28-4-2,22(27)17-16-19-12-7-6-8-13-19)26-21-15-10-9-14-20(21)24-25-26/h6-18,22,27H,3-5H2,1-2H3/b17-16+,18-11+. The van der Waals surface area contributed by atoms with E-state index < -0.39 is 11.8 Å². The van der Waals surface area contributed by atoms with Crippen molar-refractivity contribution in [2.24, 2.45) is 0 Å². The minimum Gasteiger partial charge on any atom is -0.384 e. The molecule has 5 nitrogen and oxygen atoms in total. The third-order valence-electron chi connectivity index (χ3n) is 4.56. The van der Waals surface area contributed by atoms with E-state index in [1.807, 2.05) is 79.7 Å². The molecule has 1 aromatic heterocycles. The van der Waals surface area contributed by atoms with Crippen LogP contribution in [-0.4, -0.2) is 32.8 Å². The van der Waals surface area contributed by atoms with Crippen LogP contribution in [0.15, 0.2) is 72.8 Å². The fraction of sp³-hybridized carbons (Fsp3) is 0.304. The van der Waals surface area contributed by atoms with Crippen LogP contribution < -0.4 is 0 Å². The molecule has 28 heavy (non-hydrogen) atoms. The predicted octanol–water partition coefficient (Wildman–Crippen LogP) is 4.55. The summed E-state index contributed by atoms with van der Waals surface area (Å²) < 4.78 is 7.83. The Bertz CT molecular complexity index is 933. The molecule has 0 bridgehead atoms. The molecule has 0 aliphatic rings. The second-order valence-corrected chi connectivity index (χ2v) is 6.58.